The monoisotopic (exact) mass is 468 g/mol. The minimum Gasteiger partial charge on any atom is -0.493 e. The summed E-state index contributed by atoms with van der Waals surface area (Å²) in [5, 5.41) is 2.86. The summed E-state index contributed by atoms with van der Waals surface area (Å²) in [5.41, 5.74) is 3.55. The molecule has 0 atom stereocenters. The Bertz CT molecular complexity index is 1110. The van der Waals surface area contributed by atoms with Crippen LogP contribution in [-0.2, 0) is 9.59 Å². The van der Waals surface area contributed by atoms with Crippen LogP contribution in [0.1, 0.15) is 16.7 Å². The number of ether oxygens (including phenoxy) is 2. The largest absolute Gasteiger partial charge is 0.493 e. The molecule has 0 aromatic heterocycles. The van der Waals surface area contributed by atoms with Gasteiger partial charge in [-0.15, -0.1) is 6.58 Å². The van der Waals surface area contributed by atoms with Gasteiger partial charge in [0.2, 0.25) is 0 Å². The lowest BCUT2D eigenvalue weighted by Crippen LogP contribution is -2.27. The third-order valence-electron chi connectivity index (χ3n) is 4.70. The molecule has 1 N–H and O–H groups in total. The number of nitrogens with one attached hydrogen (secondary N) is 1. The fourth-order valence-corrected chi connectivity index (χ4v) is 4.31. The van der Waals surface area contributed by atoms with Gasteiger partial charge in [-0.2, -0.15) is 0 Å². The number of hydrogen-bond acceptors (Lipinski definition) is 6. The summed E-state index contributed by atoms with van der Waals surface area (Å²) in [6, 6.07) is 11.1. The second kappa shape index (κ2) is 10.5. The normalized spacial score (nSPS) is 14.6. The van der Waals surface area contributed by atoms with Crippen LogP contribution in [-0.4, -0.2) is 41.3 Å². The van der Waals surface area contributed by atoms with Crippen molar-refractivity contribution in [2.24, 2.45) is 0 Å². The van der Waals surface area contributed by atoms with Crippen LogP contribution >= 0.6 is 24.0 Å². The van der Waals surface area contributed by atoms with Crippen molar-refractivity contribution in [3.63, 3.8) is 0 Å². The Labute approximate surface area is 197 Å². The van der Waals surface area contributed by atoms with E-state index in [1.165, 1.54) is 23.8 Å². The molecule has 0 saturated carbocycles. The number of carbonyl (C=O) groups excluding carboxylic acids is 2. The summed E-state index contributed by atoms with van der Waals surface area (Å²) in [4.78, 5) is 26.9. The summed E-state index contributed by atoms with van der Waals surface area (Å²) < 4.78 is 11.6. The van der Waals surface area contributed by atoms with Crippen LogP contribution in [0.15, 0.2) is 54.0 Å². The van der Waals surface area contributed by atoms with E-state index in [2.05, 4.69) is 11.9 Å². The molecule has 32 heavy (non-hydrogen) atoms. The van der Waals surface area contributed by atoms with Gasteiger partial charge in [-0.3, -0.25) is 14.5 Å². The van der Waals surface area contributed by atoms with E-state index in [4.69, 9.17) is 21.7 Å². The molecule has 3 rings (SSSR count). The fraction of sp³-hybridized carbons (Fsp3) is 0.208. The number of amides is 2. The SMILES string of the molecule is C=CCN1C(=O)/C(=C/c2ccc(OCC(=O)Nc3cc(C)ccc3C)c(OC)c2)SC1=S. The number of carbonyl (C=O) groups is 2. The summed E-state index contributed by atoms with van der Waals surface area (Å²) in [5.74, 6) is 0.470. The Kier molecular flexibility index (Phi) is 7.71. The first-order chi connectivity index (χ1) is 15.3. The Hall–Kier alpha value is -3.10. The van der Waals surface area contributed by atoms with Crippen molar-refractivity contribution >= 4 is 51.9 Å². The average Bonchev–Trinajstić information content (AvgIpc) is 3.03. The van der Waals surface area contributed by atoms with Crippen LogP contribution in [0.4, 0.5) is 5.69 Å². The van der Waals surface area contributed by atoms with Gasteiger partial charge in [0, 0.05) is 12.2 Å². The van der Waals surface area contributed by atoms with Gasteiger partial charge in [0.25, 0.3) is 11.8 Å². The number of hydrogen-bond donors (Lipinski definition) is 1. The van der Waals surface area contributed by atoms with Gasteiger partial charge >= 0.3 is 0 Å². The summed E-state index contributed by atoms with van der Waals surface area (Å²) in [6.07, 6.45) is 3.39. The van der Waals surface area contributed by atoms with E-state index in [0.717, 1.165) is 22.4 Å². The Morgan fingerprint density at radius 3 is 2.72 bits per heavy atom. The number of thioether (sulfide) groups is 1. The lowest BCUT2D eigenvalue weighted by Gasteiger charge is -2.13. The van der Waals surface area contributed by atoms with Crippen LogP contribution < -0.4 is 14.8 Å². The molecule has 1 heterocycles. The standard InChI is InChI=1S/C24H24N2O4S2/c1-5-10-26-23(28)21(32-24(26)31)13-17-8-9-19(20(12-17)29-4)30-14-22(27)25-18-11-15(2)6-7-16(18)3/h5-9,11-13H,1,10,14H2,2-4H3,(H,25,27)/b21-13-. The molecule has 6 nitrogen and oxygen atoms in total. The quantitative estimate of drug-likeness (QED) is 0.344. The van der Waals surface area contributed by atoms with Crippen molar-refractivity contribution in [1.29, 1.82) is 0 Å². The minimum atomic E-state index is -0.268. The molecule has 2 aromatic carbocycles. The smallest absolute Gasteiger partial charge is 0.266 e. The number of methoxy groups -OCH3 is 1. The van der Waals surface area contributed by atoms with E-state index in [9.17, 15) is 9.59 Å². The molecule has 8 heteroatoms. The molecule has 2 aromatic rings. The van der Waals surface area contributed by atoms with Crippen LogP contribution in [0.5, 0.6) is 11.5 Å². The van der Waals surface area contributed by atoms with Gasteiger partial charge in [0.15, 0.2) is 18.1 Å². The molecule has 0 radical (unpaired) electrons. The van der Waals surface area contributed by atoms with E-state index in [1.54, 1.807) is 30.4 Å². The van der Waals surface area contributed by atoms with Gasteiger partial charge in [0.1, 0.15) is 4.32 Å². The van der Waals surface area contributed by atoms with Gasteiger partial charge in [0.05, 0.1) is 12.0 Å². The highest BCUT2D eigenvalue weighted by Crippen LogP contribution is 2.34. The maximum Gasteiger partial charge on any atom is 0.266 e. The van der Waals surface area contributed by atoms with Crippen molar-refractivity contribution in [2.75, 3.05) is 25.6 Å². The molecule has 1 aliphatic heterocycles. The second-order valence-corrected chi connectivity index (χ2v) is 8.82. The van der Waals surface area contributed by atoms with Crippen molar-refractivity contribution < 1.29 is 19.1 Å². The Morgan fingerprint density at radius 2 is 2.00 bits per heavy atom. The maximum absolute atomic E-state index is 12.5. The van der Waals surface area contributed by atoms with Crippen LogP contribution in [0, 0.1) is 13.8 Å². The zero-order valence-corrected chi connectivity index (χ0v) is 19.8. The highest BCUT2D eigenvalue weighted by atomic mass is 32.2. The molecule has 1 aliphatic rings. The predicted octanol–water partition coefficient (Wildman–Crippen LogP) is 4.72. The summed E-state index contributed by atoms with van der Waals surface area (Å²) in [6.45, 7) is 7.77. The summed E-state index contributed by atoms with van der Waals surface area (Å²) in [7, 11) is 1.52. The van der Waals surface area contributed by atoms with Crippen molar-refractivity contribution in [3.8, 4) is 11.5 Å². The van der Waals surface area contributed by atoms with E-state index in [-0.39, 0.29) is 18.4 Å². The lowest BCUT2D eigenvalue weighted by atomic mass is 10.1. The average molecular weight is 469 g/mol. The number of aryl methyl sites for hydroxylation is 2. The molecule has 0 bridgehead atoms. The number of thiocarbonyl (C=S) groups is 1. The lowest BCUT2D eigenvalue weighted by molar-refractivity contribution is -0.121. The highest BCUT2D eigenvalue weighted by Gasteiger charge is 2.31. The van der Waals surface area contributed by atoms with E-state index >= 15 is 0 Å². The molecular weight excluding hydrogens is 444 g/mol. The summed E-state index contributed by atoms with van der Waals surface area (Å²) >= 11 is 6.51. The molecule has 1 fully saturated rings. The van der Waals surface area contributed by atoms with Crippen LogP contribution in [0.2, 0.25) is 0 Å². The molecule has 2 amide bonds. The van der Waals surface area contributed by atoms with E-state index < -0.39 is 0 Å². The highest BCUT2D eigenvalue weighted by molar-refractivity contribution is 8.26. The first-order valence-corrected chi connectivity index (χ1v) is 11.1. The Morgan fingerprint density at radius 1 is 1.22 bits per heavy atom. The number of benzene rings is 2. The molecular formula is C24H24N2O4S2. The molecule has 0 spiro atoms. The van der Waals surface area contributed by atoms with Gasteiger partial charge in [-0.05, 0) is 54.8 Å². The third kappa shape index (κ3) is 5.57. The minimum absolute atomic E-state index is 0.151. The van der Waals surface area contributed by atoms with E-state index in [0.29, 0.717) is 27.3 Å². The Balaban J connectivity index is 1.68. The first kappa shape index (κ1) is 23.6. The molecule has 0 aliphatic carbocycles. The number of nitrogens with zero attached hydrogens (tertiary/aromatic N) is 1. The zero-order chi connectivity index (χ0) is 23.3. The third-order valence-corrected chi connectivity index (χ3v) is 6.07. The van der Waals surface area contributed by atoms with Crippen LogP contribution in [0.25, 0.3) is 6.08 Å². The predicted molar refractivity (Wildman–Crippen MR) is 133 cm³/mol. The van der Waals surface area contributed by atoms with E-state index in [1.807, 2.05) is 32.0 Å². The number of rotatable bonds is 8. The second-order valence-electron chi connectivity index (χ2n) is 7.15. The van der Waals surface area contributed by atoms with Gasteiger partial charge in [-0.25, -0.2) is 0 Å². The number of anilines is 1. The first-order valence-electron chi connectivity index (χ1n) is 9.86. The van der Waals surface area contributed by atoms with Gasteiger partial charge < -0.3 is 14.8 Å². The maximum atomic E-state index is 12.5. The van der Waals surface area contributed by atoms with Crippen molar-refractivity contribution in [2.45, 2.75) is 13.8 Å². The molecule has 0 unspecified atom stereocenters. The molecule has 166 valence electrons. The molecule has 1 saturated heterocycles. The van der Waals surface area contributed by atoms with Crippen LogP contribution in [0.3, 0.4) is 0 Å². The topological polar surface area (TPSA) is 67.9 Å². The van der Waals surface area contributed by atoms with Crippen molar-refractivity contribution in [1.82, 2.24) is 4.90 Å². The zero-order valence-electron chi connectivity index (χ0n) is 18.1. The van der Waals surface area contributed by atoms with Crippen molar-refractivity contribution in [3.05, 3.63) is 70.6 Å². The van der Waals surface area contributed by atoms with Gasteiger partial charge in [-0.1, -0.05) is 48.3 Å². The fourth-order valence-electron chi connectivity index (χ4n) is 3.03.